The number of aromatic nitrogens is 3. The lowest BCUT2D eigenvalue weighted by Gasteiger charge is -2.10. The summed E-state index contributed by atoms with van der Waals surface area (Å²) in [6.45, 7) is -0.460. The van der Waals surface area contributed by atoms with Crippen molar-refractivity contribution >= 4 is 23.3 Å². The second-order valence-electron chi connectivity index (χ2n) is 5.04. The van der Waals surface area contributed by atoms with Gasteiger partial charge in [0.2, 0.25) is 0 Å². The molecule has 2 heterocycles. The highest BCUT2D eigenvalue weighted by Crippen LogP contribution is 2.21. The number of hydrogen-bond acceptors (Lipinski definition) is 3. The summed E-state index contributed by atoms with van der Waals surface area (Å²) in [5.41, 5.74) is 0.738. The van der Waals surface area contributed by atoms with Crippen LogP contribution in [0.5, 0.6) is 5.75 Å². The Morgan fingerprint density at radius 3 is 2.54 bits per heavy atom. The first kappa shape index (κ1) is 16.3. The number of hydrogen-bond donors (Lipinski definition) is 2. The fourth-order valence-electron chi connectivity index (χ4n) is 2.24. The second kappa shape index (κ2) is 6.16. The van der Waals surface area contributed by atoms with Gasteiger partial charge in [-0.2, -0.15) is 13.2 Å². The largest absolute Gasteiger partial charge is 0.493 e. The maximum Gasteiger partial charge on any atom is 0.392 e. The van der Waals surface area contributed by atoms with Gasteiger partial charge in [-0.1, -0.05) is 0 Å². The minimum absolute atomic E-state index is 0.209. The van der Waals surface area contributed by atoms with Crippen LogP contribution in [0.4, 0.5) is 13.2 Å². The first-order valence-corrected chi connectivity index (χ1v) is 7.38. The van der Waals surface area contributed by atoms with Crippen molar-refractivity contribution in [2.24, 2.45) is 0 Å². The highest BCUT2D eigenvalue weighted by molar-refractivity contribution is 7.71. The van der Waals surface area contributed by atoms with Gasteiger partial charge >= 0.3 is 6.18 Å². The predicted octanol–water partition coefficient (Wildman–Crippen LogP) is 3.71. The van der Waals surface area contributed by atoms with Crippen LogP contribution in [0.15, 0.2) is 41.3 Å². The third-order valence-corrected chi connectivity index (χ3v) is 3.65. The van der Waals surface area contributed by atoms with Crippen LogP contribution in [-0.4, -0.2) is 27.3 Å². The van der Waals surface area contributed by atoms with Crippen LogP contribution in [0, 0.1) is 4.77 Å². The lowest BCUT2D eigenvalue weighted by Crippen LogP contribution is -2.20. The molecule has 0 aliphatic heterocycles. The summed E-state index contributed by atoms with van der Waals surface area (Å²) in [5.74, 6) is 0.286. The van der Waals surface area contributed by atoms with E-state index >= 15 is 0 Å². The number of ether oxygens (including phenoxy) is 1. The van der Waals surface area contributed by atoms with Crippen LogP contribution in [0.25, 0.3) is 16.7 Å². The number of halogens is 3. The Kier molecular flexibility index (Phi) is 4.18. The minimum atomic E-state index is -4.26. The van der Waals surface area contributed by atoms with E-state index in [0.29, 0.717) is 16.7 Å². The molecule has 9 heteroatoms. The molecule has 3 rings (SSSR count). The van der Waals surface area contributed by atoms with E-state index < -0.39 is 19.2 Å². The van der Waals surface area contributed by atoms with Crippen molar-refractivity contribution < 1.29 is 17.9 Å². The molecule has 0 saturated heterocycles. The smallest absolute Gasteiger partial charge is 0.392 e. The van der Waals surface area contributed by atoms with Crippen molar-refractivity contribution in [1.82, 2.24) is 14.5 Å². The van der Waals surface area contributed by atoms with Gasteiger partial charge in [-0.05, 0) is 42.5 Å². The van der Waals surface area contributed by atoms with Crippen molar-refractivity contribution in [3.63, 3.8) is 0 Å². The molecule has 0 saturated carbocycles. The third-order valence-electron chi connectivity index (χ3n) is 3.36. The molecule has 0 atom stereocenters. The van der Waals surface area contributed by atoms with Crippen LogP contribution in [0.2, 0.25) is 0 Å². The van der Waals surface area contributed by atoms with Crippen LogP contribution in [0.1, 0.15) is 6.42 Å². The minimum Gasteiger partial charge on any atom is -0.493 e. The zero-order valence-electron chi connectivity index (χ0n) is 12.2. The normalized spacial score (nSPS) is 11.8. The molecule has 0 aliphatic carbocycles. The molecule has 24 heavy (non-hydrogen) atoms. The van der Waals surface area contributed by atoms with Gasteiger partial charge in [0.15, 0.2) is 4.77 Å². The van der Waals surface area contributed by atoms with E-state index in [1.807, 2.05) is 0 Å². The molecule has 126 valence electrons. The fourth-order valence-corrected chi connectivity index (χ4v) is 2.53. The summed E-state index contributed by atoms with van der Waals surface area (Å²) in [4.78, 5) is 18.3. The zero-order valence-corrected chi connectivity index (χ0v) is 13.0. The monoisotopic (exact) mass is 355 g/mol. The van der Waals surface area contributed by atoms with Crippen LogP contribution < -0.4 is 10.3 Å². The Bertz CT molecular complexity index is 971. The first-order valence-electron chi connectivity index (χ1n) is 6.97. The molecule has 3 aromatic rings. The predicted molar refractivity (Wildman–Crippen MR) is 85.2 cm³/mol. The number of fused-ring (bicyclic) bond motifs is 1. The molecule has 0 spiro atoms. The number of aromatic amines is 2. The lowest BCUT2D eigenvalue weighted by atomic mass is 10.3. The van der Waals surface area contributed by atoms with Crippen molar-refractivity contribution in [2.45, 2.75) is 12.6 Å². The topological polar surface area (TPSA) is 62.8 Å². The first-order chi connectivity index (χ1) is 11.3. The second-order valence-corrected chi connectivity index (χ2v) is 5.43. The summed E-state index contributed by atoms with van der Waals surface area (Å²) in [6.07, 6.45) is -3.66. The van der Waals surface area contributed by atoms with Gasteiger partial charge in [0.05, 0.1) is 24.1 Å². The number of nitrogens with zero attached hydrogens (tertiary/aromatic N) is 1. The molecule has 0 bridgehead atoms. The van der Waals surface area contributed by atoms with E-state index in [2.05, 4.69) is 9.97 Å². The highest BCUT2D eigenvalue weighted by Gasteiger charge is 2.26. The molecule has 0 radical (unpaired) electrons. The fraction of sp³-hybridized carbons (Fsp3) is 0.200. The van der Waals surface area contributed by atoms with Crippen molar-refractivity contribution in [3.05, 3.63) is 51.7 Å². The highest BCUT2D eigenvalue weighted by atomic mass is 32.1. The number of H-pyrrole nitrogens is 2. The average Bonchev–Trinajstić information content (AvgIpc) is 2.96. The number of benzene rings is 1. The number of nitrogens with one attached hydrogen (secondary N) is 2. The van der Waals surface area contributed by atoms with Crippen molar-refractivity contribution in [2.75, 3.05) is 6.61 Å². The maximum absolute atomic E-state index is 12.5. The average molecular weight is 355 g/mol. The van der Waals surface area contributed by atoms with Crippen LogP contribution >= 0.6 is 12.2 Å². The van der Waals surface area contributed by atoms with Gasteiger partial charge in [-0.15, -0.1) is 0 Å². The zero-order chi connectivity index (χ0) is 17.3. The molecule has 2 N–H and O–H groups in total. The van der Waals surface area contributed by atoms with Gasteiger partial charge in [-0.3, -0.25) is 9.36 Å². The SMILES string of the molecule is O=c1c2cc[nH]c2[nH]c(=S)n1-c1ccc(OCCC(F)(F)F)cc1. The molecule has 0 fully saturated rings. The molecule has 0 unspecified atom stereocenters. The standard InChI is InChI=1S/C15H12F3N3O2S/c16-15(17,18)6-8-23-10-3-1-9(2-4-10)21-13(22)11-5-7-19-12(11)20-14(21)24/h1-5,7,19H,6,8H2,(H,20,24). The summed E-state index contributed by atoms with van der Waals surface area (Å²) < 4.78 is 42.9. The van der Waals surface area contributed by atoms with Gasteiger partial charge in [0, 0.05) is 6.20 Å². The van der Waals surface area contributed by atoms with Gasteiger partial charge in [0.25, 0.3) is 5.56 Å². The lowest BCUT2D eigenvalue weighted by molar-refractivity contribution is -0.139. The molecule has 0 amide bonds. The van der Waals surface area contributed by atoms with Crippen LogP contribution in [0.3, 0.4) is 0 Å². The Labute approximate surface area is 138 Å². The van der Waals surface area contributed by atoms with Gasteiger partial charge < -0.3 is 14.7 Å². The quantitative estimate of drug-likeness (QED) is 0.702. The summed E-state index contributed by atoms with van der Waals surface area (Å²) in [7, 11) is 0. The summed E-state index contributed by atoms with van der Waals surface area (Å²) in [5, 5.41) is 0.453. The number of alkyl halides is 3. The molecule has 0 aliphatic rings. The van der Waals surface area contributed by atoms with E-state index in [4.69, 9.17) is 17.0 Å². The van der Waals surface area contributed by atoms with E-state index in [0.717, 1.165) is 0 Å². The molecular formula is C15H12F3N3O2S. The Balaban J connectivity index is 1.86. The van der Waals surface area contributed by atoms with E-state index in [1.165, 1.54) is 16.7 Å². The van der Waals surface area contributed by atoms with Crippen molar-refractivity contribution in [3.8, 4) is 11.4 Å². The molecule has 2 aromatic heterocycles. The molecule has 5 nitrogen and oxygen atoms in total. The number of rotatable bonds is 4. The van der Waals surface area contributed by atoms with E-state index in [-0.39, 0.29) is 16.1 Å². The molecule has 1 aromatic carbocycles. The Hall–Kier alpha value is -2.55. The Morgan fingerprint density at radius 2 is 1.88 bits per heavy atom. The van der Waals surface area contributed by atoms with E-state index in [9.17, 15) is 18.0 Å². The third kappa shape index (κ3) is 3.35. The summed E-state index contributed by atoms with van der Waals surface area (Å²) in [6, 6.07) is 7.75. The van der Waals surface area contributed by atoms with Gasteiger partial charge in [-0.25, -0.2) is 0 Å². The van der Waals surface area contributed by atoms with E-state index in [1.54, 1.807) is 24.4 Å². The maximum atomic E-state index is 12.5. The summed E-state index contributed by atoms with van der Waals surface area (Å²) >= 11 is 5.19. The van der Waals surface area contributed by atoms with Gasteiger partial charge in [0.1, 0.15) is 11.4 Å². The van der Waals surface area contributed by atoms with Crippen molar-refractivity contribution in [1.29, 1.82) is 0 Å². The van der Waals surface area contributed by atoms with Crippen LogP contribution in [-0.2, 0) is 0 Å². The Morgan fingerprint density at radius 1 is 1.17 bits per heavy atom. The molecular weight excluding hydrogens is 343 g/mol.